The number of rotatable bonds is 4. The van der Waals surface area contributed by atoms with Crippen molar-refractivity contribution >= 4 is 23.2 Å². The molecule has 0 aliphatic carbocycles. The molecule has 3 aromatic carbocycles. The van der Waals surface area contributed by atoms with Crippen molar-refractivity contribution in [2.75, 3.05) is 5.32 Å². The van der Waals surface area contributed by atoms with Crippen LogP contribution >= 0.6 is 11.6 Å². The van der Waals surface area contributed by atoms with Gasteiger partial charge in [0, 0.05) is 16.3 Å². The summed E-state index contributed by atoms with van der Waals surface area (Å²) in [4.78, 5) is 12.2. The molecule has 0 aromatic heterocycles. The highest BCUT2D eigenvalue weighted by Gasteiger charge is 2.06. The van der Waals surface area contributed by atoms with Crippen LogP contribution in [0, 0.1) is 6.92 Å². The summed E-state index contributed by atoms with van der Waals surface area (Å²) in [6.45, 7) is 2.02. The first-order valence-corrected chi connectivity index (χ1v) is 7.89. The Morgan fingerprint density at radius 1 is 0.917 bits per heavy atom. The van der Waals surface area contributed by atoms with E-state index in [2.05, 4.69) is 5.32 Å². The molecule has 0 spiro atoms. The van der Waals surface area contributed by atoms with Crippen LogP contribution in [0.2, 0.25) is 5.02 Å². The predicted molar refractivity (Wildman–Crippen MR) is 97.1 cm³/mol. The normalized spacial score (nSPS) is 10.2. The van der Waals surface area contributed by atoms with Crippen LogP contribution in [-0.4, -0.2) is 5.91 Å². The number of amides is 1. The molecule has 3 aromatic rings. The second kappa shape index (κ2) is 7.20. The molecule has 1 N–H and O–H groups in total. The minimum atomic E-state index is -0.204. The number of carbonyl (C=O) groups excluding carboxylic acids is 1. The van der Waals surface area contributed by atoms with E-state index in [4.69, 9.17) is 16.3 Å². The summed E-state index contributed by atoms with van der Waals surface area (Å²) in [5, 5.41) is 3.36. The number of hydrogen-bond donors (Lipinski definition) is 1. The Kier molecular flexibility index (Phi) is 4.82. The number of hydrogen-bond acceptors (Lipinski definition) is 2. The topological polar surface area (TPSA) is 38.3 Å². The second-order valence-electron chi connectivity index (χ2n) is 5.41. The summed E-state index contributed by atoms with van der Waals surface area (Å²) in [6, 6.07) is 21.9. The van der Waals surface area contributed by atoms with Crippen LogP contribution in [0.1, 0.15) is 15.9 Å². The molecule has 0 saturated heterocycles. The highest BCUT2D eigenvalue weighted by Crippen LogP contribution is 2.24. The van der Waals surface area contributed by atoms with E-state index >= 15 is 0 Å². The van der Waals surface area contributed by atoms with Crippen LogP contribution in [0.4, 0.5) is 5.69 Å². The third-order valence-corrected chi connectivity index (χ3v) is 3.66. The molecule has 3 rings (SSSR count). The number of ether oxygens (including phenoxy) is 1. The number of carbonyl (C=O) groups is 1. The monoisotopic (exact) mass is 337 g/mol. The molecule has 0 atom stereocenters. The van der Waals surface area contributed by atoms with Gasteiger partial charge in [0.05, 0.1) is 0 Å². The summed E-state index contributed by atoms with van der Waals surface area (Å²) in [5.41, 5.74) is 2.34. The molecule has 24 heavy (non-hydrogen) atoms. The van der Waals surface area contributed by atoms with Crippen LogP contribution in [-0.2, 0) is 0 Å². The van der Waals surface area contributed by atoms with Gasteiger partial charge < -0.3 is 10.1 Å². The first kappa shape index (κ1) is 16.1. The van der Waals surface area contributed by atoms with Gasteiger partial charge in [0.1, 0.15) is 11.5 Å². The molecule has 4 heteroatoms. The second-order valence-corrected chi connectivity index (χ2v) is 5.84. The van der Waals surface area contributed by atoms with E-state index in [1.54, 1.807) is 36.4 Å². The molecule has 0 radical (unpaired) electrons. The van der Waals surface area contributed by atoms with E-state index in [0.717, 1.165) is 11.3 Å². The van der Waals surface area contributed by atoms with Crippen molar-refractivity contribution < 1.29 is 9.53 Å². The lowest BCUT2D eigenvalue weighted by Gasteiger charge is -2.09. The molecular weight excluding hydrogens is 322 g/mol. The molecule has 0 aliphatic rings. The van der Waals surface area contributed by atoms with Gasteiger partial charge in [0.15, 0.2) is 0 Å². The van der Waals surface area contributed by atoms with Crippen molar-refractivity contribution in [1.82, 2.24) is 0 Å². The molecule has 120 valence electrons. The van der Waals surface area contributed by atoms with Gasteiger partial charge in [-0.15, -0.1) is 0 Å². The van der Waals surface area contributed by atoms with Gasteiger partial charge in [-0.2, -0.15) is 0 Å². The molecule has 3 nitrogen and oxygen atoms in total. The van der Waals surface area contributed by atoms with E-state index in [-0.39, 0.29) is 5.91 Å². The van der Waals surface area contributed by atoms with Crippen LogP contribution in [0.15, 0.2) is 72.8 Å². The lowest BCUT2D eigenvalue weighted by atomic mass is 10.2. The number of anilines is 1. The standard InChI is InChI=1S/C20H16ClNO2/c1-14-4-2-7-19(12-14)24-18-10-8-17(9-11-18)22-20(23)15-5-3-6-16(21)13-15/h2-13H,1H3,(H,22,23). The quantitative estimate of drug-likeness (QED) is 0.663. The fourth-order valence-electron chi connectivity index (χ4n) is 2.25. The van der Waals surface area contributed by atoms with Gasteiger partial charge in [-0.05, 0) is 67.1 Å². The third-order valence-electron chi connectivity index (χ3n) is 3.42. The Morgan fingerprint density at radius 3 is 2.38 bits per heavy atom. The largest absolute Gasteiger partial charge is 0.457 e. The zero-order valence-corrected chi connectivity index (χ0v) is 13.9. The average molecular weight is 338 g/mol. The highest BCUT2D eigenvalue weighted by atomic mass is 35.5. The Hall–Kier alpha value is -2.78. The van der Waals surface area contributed by atoms with Gasteiger partial charge in [0.2, 0.25) is 0 Å². The molecule has 0 unspecified atom stereocenters. The van der Waals surface area contributed by atoms with Crippen LogP contribution < -0.4 is 10.1 Å². The predicted octanol–water partition coefficient (Wildman–Crippen LogP) is 5.69. The Bertz CT molecular complexity index is 860. The minimum absolute atomic E-state index is 0.204. The summed E-state index contributed by atoms with van der Waals surface area (Å²) in [7, 11) is 0. The van der Waals surface area contributed by atoms with Gasteiger partial charge in [0.25, 0.3) is 5.91 Å². The highest BCUT2D eigenvalue weighted by molar-refractivity contribution is 6.31. The van der Waals surface area contributed by atoms with E-state index in [0.29, 0.717) is 22.0 Å². The summed E-state index contributed by atoms with van der Waals surface area (Å²) >= 11 is 5.90. The lowest BCUT2D eigenvalue weighted by Crippen LogP contribution is -2.11. The van der Waals surface area contributed by atoms with Gasteiger partial charge in [-0.1, -0.05) is 29.8 Å². The molecule has 0 aliphatic heterocycles. The van der Waals surface area contributed by atoms with Gasteiger partial charge >= 0.3 is 0 Å². The smallest absolute Gasteiger partial charge is 0.255 e. The zero-order valence-electron chi connectivity index (χ0n) is 13.1. The molecule has 1 amide bonds. The molecule has 0 bridgehead atoms. The maximum atomic E-state index is 12.2. The Balaban J connectivity index is 1.67. The van der Waals surface area contributed by atoms with Crippen molar-refractivity contribution in [3.05, 3.63) is 88.9 Å². The fourth-order valence-corrected chi connectivity index (χ4v) is 2.44. The van der Waals surface area contributed by atoms with Gasteiger partial charge in [-0.25, -0.2) is 0 Å². The van der Waals surface area contributed by atoms with Gasteiger partial charge in [-0.3, -0.25) is 4.79 Å². The van der Waals surface area contributed by atoms with E-state index in [1.807, 2.05) is 43.3 Å². The zero-order chi connectivity index (χ0) is 16.9. The number of nitrogens with one attached hydrogen (secondary N) is 1. The molecular formula is C20H16ClNO2. The fraction of sp³-hybridized carbons (Fsp3) is 0.0500. The van der Waals surface area contributed by atoms with Crippen molar-refractivity contribution in [2.45, 2.75) is 6.92 Å². The average Bonchev–Trinajstić information content (AvgIpc) is 2.57. The summed E-state index contributed by atoms with van der Waals surface area (Å²) in [6.07, 6.45) is 0. The Labute approximate surface area is 145 Å². The van der Waals surface area contributed by atoms with Crippen LogP contribution in [0.3, 0.4) is 0 Å². The number of halogens is 1. The maximum absolute atomic E-state index is 12.2. The summed E-state index contributed by atoms with van der Waals surface area (Å²) < 4.78 is 5.79. The van der Waals surface area contributed by atoms with Crippen LogP contribution in [0.25, 0.3) is 0 Å². The first-order chi connectivity index (χ1) is 11.6. The van der Waals surface area contributed by atoms with Crippen molar-refractivity contribution in [2.24, 2.45) is 0 Å². The maximum Gasteiger partial charge on any atom is 0.255 e. The SMILES string of the molecule is Cc1cccc(Oc2ccc(NC(=O)c3cccc(Cl)c3)cc2)c1. The molecule has 0 fully saturated rings. The Morgan fingerprint density at radius 2 is 1.67 bits per heavy atom. The van der Waals surface area contributed by atoms with Crippen molar-refractivity contribution in [1.29, 1.82) is 0 Å². The van der Waals surface area contributed by atoms with E-state index in [1.165, 1.54) is 0 Å². The van der Waals surface area contributed by atoms with E-state index < -0.39 is 0 Å². The third kappa shape index (κ3) is 4.15. The molecule has 0 heterocycles. The number of benzene rings is 3. The van der Waals surface area contributed by atoms with Crippen molar-refractivity contribution in [3.63, 3.8) is 0 Å². The first-order valence-electron chi connectivity index (χ1n) is 7.52. The summed E-state index contributed by atoms with van der Waals surface area (Å²) in [5.74, 6) is 1.29. The van der Waals surface area contributed by atoms with Crippen LogP contribution in [0.5, 0.6) is 11.5 Å². The van der Waals surface area contributed by atoms with E-state index in [9.17, 15) is 4.79 Å². The minimum Gasteiger partial charge on any atom is -0.457 e. The molecule has 0 saturated carbocycles. The number of aryl methyl sites for hydroxylation is 1. The lowest BCUT2D eigenvalue weighted by molar-refractivity contribution is 0.102. The van der Waals surface area contributed by atoms with Crippen molar-refractivity contribution in [3.8, 4) is 11.5 Å².